The molecule has 3 nitrogen and oxygen atoms in total. The number of phenols is 1. The molecule has 0 bridgehead atoms. The Balaban J connectivity index is 2.93. The fourth-order valence-electron chi connectivity index (χ4n) is 1.43. The van der Waals surface area contributed by atoms with Crippen molar-refractivity contribution in [3.8, 4) is 5.75 Å². The van der Waals surface area contributed by atoms with Gasteiger partial charge < -0.3 is 9.84 Å². The molecule has 0 heterocycles. The van der Waals surface area contributed by atoms with Gasteiger partial charge in [-0.3, -0.25) is 4.79 Å². The predicted octanol–water partition coefficient (Wildman–Crippen LogP) is 2.11. The first-order valence-corrected chi connectivity index (χ1v) is 5.00. The molecule has 0 fully saturated rings. The summed E-state index contributed by atoms with van der Waals surface area (Å²) < 4.78 is 4.85. The lowest BCUT2D eigenvalue weighted by Crippen LogP contribution is -2.09. The number of esters is 1. The van der Waals surface area contributed by atoms with Crippen LogP contribution in [0.5, 0.6) is 5.75 Å². The molecule has 1 rings (SSSR count). The molecule has 0 amide bonds. The van der Waals surface area contributed by atoms with Gasteiger partial charge in [0.25, 0.3) is 0 Å². The third kappa shape index (κ3) is 2.72. The topological polar surface area (TPSA) is 46.5 Å². The molecule has 1 aromatic carbocycles. The van der Waals surface area contributed by atoms with E-state index in [1.807, 2.05) is 26.0 Å². The Bertz CT molecular complexity index is 369. The molecule has 0 unspecified atom stereocenters. The van der Waals surface area contributed by atoms with E-state index in [4.69, 9.17) is 4.74 Å². The molecule has 0 atom stereocenters. The zero-order chi connectivity index (χ0) is 11.4. The predicted molar refractivity (Wildman–Crippen MR) is 57.9 cm³/mol. The van der Waals surface area contributed by atoms with Gasteiger partial charge in [0.2, 0.25) is 0 Å². The third-order valence-electron chi connectivity index (χ3n) is 2.35. The van der Waals surface area contributed by atoms with Crippen LogP contribution < -0.4 is 0 Å². The highest BCUT2D eigenvalue weighted by Crippen LogP contribution is 2.25. The van der Waals surface area contributed by atoms with Crippen molar-refractivity contribution in [1.82, 2.24) is 0 Å². The SMILES string of the molecule is CCOC(=O)Cc1c(C)ccc(C)c1O. The lowest BCUT2D eigenvalue weighted by molar-refractivity contribution is -0.142. The molecule has 1 aromatic rings. The number of carbonyl (C=O) groups is 1. The van der Waals surface area contributed by atoms with Gasteiger partial charge >= 0.3 is 5.97 Å². The van der Waals surface area contributed by atoms with Gasteiger partial charge in [0.15, 0.2) is 0 Å². The second-order valence-electron chi connectivity index (χ2n) is 3.51. The van der Waals surface area contributed by atoms with Crippen LogP contribution in [0.15, 0.2) is 12.1 Å². The summed E-state index contributed by atoms with van der Waals surface area (Å²) in [5, 5.41) is 9.79. The summed E-state index contributed by atoms with van der Waals surface area (Å²) in [6, 6.07) is 3.73. The zero-order valence-corrected chi connectivity index (χ0v) is 9.33. The largest absolute Gasteiger partial charge is 0.507 e. The van der Waals surface area contributed by atoms with Crippen molar-refractivity contribution < 1.29 is 14.6 Å². The Hall–Kier alpha value is -1.51. The minimum atomic E-state index is -0.304. The van der Waals surface area contributed by atoms with Crippen LogP contribution in [0.1, 0.15) is 23.6 Å². The average Bonchev–Trinajstić information content (AvgIpc) is 2.19. The van der Waals surface area contributed by atoms with Crippen LogP contribution in [0.2, 0.25) is 0 Å². The van der Waals surface area contributed by atoms with E-state index in [0.29, 0.717) is 12.2 Å². The summed E-state index contributed by atoms with van der Waals surface area (Å²) in [7, 11) is 0. The van der Waals surface area contributed by atoms with Crippen LogP contribution in [0, 0.1) is 13.8 Å². The number of phenolic OH excluding ortho intramolecular Hbond substituents is 1. The number of rotatable bonds is 3. The monoisotopic (exact) mass is 208 g/mol. The lowest BCUT2D eigenvalue weighted by Gasteiger charge is -2.09. The number of ether oxygens (including phenoxy) is 1. The quantitative estimate of drug-likeness (QED) is 0.774. The summed E-state index contributed by atoms with van der Waals surface area (Å²) in [4.78, 5) is 11.3. The number of hydrogen-bond acceptors (Lipinski definition) is 3. The second-order valence-corrected chi connectivity index (χ2v) is 3.51. The van der Waals surface area contributed by atoms with E-state index in [-0.39, 0.29) is 18.1 Å². The van der Waals surface area contributed by atoms with Crippen LogP contribution in [0.3, 0.4) is 0 Å². The maximum Gasteiger partial charge on any atom is 0.310 e. The van der Waals surface area contributed by atoms with E-state index in [0.717, 1.165) is 11.1 Å². The standard InChI is InChI=1S/C12H16O3/c1-4-15-11(13)7-10-8(2)5-6-9(3)12(10)14/h5-6,14H,4,7H2,1-3H3. The van der Waals surface area contributed by atoms with Crippen LogP contribution in [0.4, 0.5) is 0 Å². The normalized spacial score (nSPS) is 10.1. The summed E-state index contributed by atoms with van der Waals surface area (Å²) in [5.74, 6) is -0.107. The summed E-state index contributed by atoms with van der Waals surface area (Å²) >= 11 is 0. The van der Waals surface area contributed by atoms with Crippen LogP contribution in [-0.4, -0.2) is 17.7 Å². The number of aryl methyl sites for hydroxylation is 2. The van der Waals surface area contributed by atoms with E-state index in [1.165, 1.54) is 0 Å². The minimum Gasteiger partial charge on any atom is -0.507 e. The molecule has 15 heavy (non-hydrogen) atoms. The van der Waals surface area contributed by atoms with Crippen LogP contribution in [0.25, 0.3) is 0 Å². The van der Waals surface area contributed by atoms with E-state index in [2.05, 4.69) is 0 Å². The van der Waals surface area contributed by atoms with Crippen molar-refractivity contribution in [1.29, 1.82) is 0 Å². The molecule has 0 spiro atoms. The maximum absolute atomic E-state index is 11.3. The summed E-state index contributed by atoms with van der Waals surface area (Å²) in [6.45, 7) is 5.81. The number of hydrogen-bond donors (Lipinski definition) is 1. The first-order valence-electron chi connectivity index (χ1n) is 5.00. The van der Waals surface area contributed by atoms with Crippen molar-refractivity contribution in [3.63, 3.8) is 0 Å². The third-order valence-corrected chi connectivity index (χ3v) is 2.35. The number of carbonyl (C=O) groups excluding carboxylic acids is 1. The Morgan fingerprint density at radius 3 is 2.53 bits per heavy atom. The van der Waals surface area contributed by atoms with Crippen LogP contribution >= 0.6 is 0 Å². The molecule has 0 aliphatic rings. The Labute approximate surface area is 89.7 Å². The van der Waals surface area contributed by atoms with E-state index in [1.54, 1.807) is 6.92 Å². The first kappa shape index (κ1) is 11.6. The van der Waals surface area contributed by atoms with E-state index in [9.17, 15) is 9.90 Å². The molecule has 0 aromatic heterocycles. The Kier molecular flexibility index (Phi) is 3.72. The number of aromatic hydroxyl groups is 1. The van der Waals surface area contributed by atoms with Gasteiger partial charge in [0.1, 0.15) is 5.75 Å². The average molecular weight is 208 g/mol. The van der Waals surface area contributed by atoms with E-state index >= 15 is 0 Å². The lowest BCUT2D eigenvalue weighted by atomic mass is 10.0. The van der Waals surface area contributed by atoms with Gasteiger partial charge in [-0.2, -0.15) is 0 Å². The molecule has 1 N–H and O–H groups in total. The smallest absolute Gasteiger partial charge is 0.310 e. The van der Waals surface area contributed by atoms with Crippen molar-refractivity contribution >= 4 is 5.97 Å². The van der Waals surface area contributed by atoms with Crippen molar-refractivity contribution in [2.24, 2.45) is 0 Å². The first-order chi connectivity index (χ1) is 7.06. The second kappa shape index (κ2) is 4.82. The fourth-order valence-corrected chi connectivity index (χ4v) is 1.43. The molecule has 0 radical (unpaired) electrons. The van der Waals surface area contributed by atoms with Crippen molar-refractivity contribution in [2.75, 3.05) is 6.61 Å². The summed E-state index contributed by atoms with van der Waals surface area (Å²) in [6.07, 6.45) is 0.132. The van der Waals surface area contributed by atoms with Gasteiger partial charge in [-0.15, -0.1) is 0 Å². The molecule has 3 heteroatoms. The van der Waals surface area contributed by atoms with E-state index < -0.39 is 0 Å². The minimum absolute atomic E-state index is 0.132. The molecule has 82 valence electrons. The fraction of sp³-hybridized carbons (Fsp3) is 0.417. The highest BCUT2D eigenvalue weighted by Gasteiger charge is 2.12. The number of benzene rings is 1. The molecule has 0 aliphatic carbocycles. The molecule has 0 aliphatic heterocycles. The molecular formula is C12H16O3. The zero-order valence-electron chi connectivity index (χ0n) is 9.33. The Morgan fingerprint density at radius 2 is 1.93 bits per heavy atom. The molecule has 0 saturated carbocycles. The molecule has 0 saturated heterocycles. The maximum atomic E-state index is 11.3. The van der Waals surface area contributed by atoms with Crippen molar-refractivity contribution in [2.45, 2.75) is 27.2 Å². The van der Waals surface area contributed by atoms with Gasteiger partial charge in [-0.1, -0.05) is 12.1 Å². The summed E-state index contributed by atoms with van der Waals surface area (Å²) in [5.41, 5.74) is 2.35. The van der Waals surface area contributed by atoms with Gasteiger partial charge in [0, 0.05) is 5.56 Å². The highest BCUT2D eigenvalue weighted by atomic mass is 16.5. The van der Waals surface area contributed by atoms with Gasteiger partial charge in [-0.25, -0.2) is 0 Å². The van der Waals surface area contributed by atoms with Gasteiger partial charge in [-0.05, 0) is 31.9 Å². The van der Waals surface area contributed by atoms with Crippen molar-refractivity contribution in [3.05, 3.63) is 28.8 Å². The van der Waals surface area contributed by atoms with Gasteiger partial charge in [0.05, 0.1) is 13.0 Å². The van der Waals surface area contributed by atoms with Crippen LogP contribution in [-0.2, 0) is 16.0 Å². The molecular weight excluding hydrogens is 192 g/mol. The highest BCUT2D eigenvalue weighted by molar-refractivity contribution is 5.74. The Morgan fingerprint density at radius 1 is 1.33 bits per heavy atom.